The number of anilines is 3. The molecule has 1 saturated heterocycles. The van der Waals surface area contributed by atoms with Gasteiger partial charge in [-0.2, -0.15) is 5.10 Å². The van der Waals surface area contributed by atoms with Crippen LogP contribution in [0.2, 0.25) is 0 Å². The van der Waals surface area contributed by atoms with E-state index in [1.165, 1.54) is 27.6 Å². The molecule has 5 aromatic rings. The first-order chi connectivity index (χ1) is 16.8. The average Bonchev–Trinajstić information content (AvgIpc) is 3.48. The van der Waals surface area contributed by atoms with Gasteiger partial charge in [0.2, 0.25) is 0 Å². The van der Waals surface area contributed by atoms with E-state index in [1.54, 1.807) is 0 Å². The molecule has 0 radical (unpaired) electrons. The number of hydrogen-bond donors (Lipinski definition) is 2. The van der Waals surface area contributed by atoms with Gasteiger partial charge in [-0.15, -0.1) is 0 Å². The monoisotopic (exact) mass is 446 g/mol. The number of fused-ring (bicyclic) bond motifs is 1. The highest BCUT2D eigenvalue weighted by Crippen LogP contribution is 2.40. The summed E-state index contributed by atoms with van der Waals surface area (Å²) in [6.45, 7) is 4.18. The topological polar surface area (TPSA) is 58.0 Å². The van der Waals surface area contributed by atoms with Crippen LogP contribution >= 0.6 is 0 Å². The molecule has 0 amide bonds. The minimum Gasteiger partial charge on any atom is -0.369 e. The Morgan fingerprint density at radius 2 is 1.71 bits per heavy atom. The molecule has 1 atom stereocenters. The fourth-order valence-electron chi connectivity index (χ4n) is 5.52. The third-order valence-corrected chi connectivity index (χ3v) is 7.19. The smallest absolute Gasteiger partial charge is 0.132 e. The van der Waals surface area contributed by atoms with E-state index < -0.39 is 0 Å². The summed E-state index contributed by atoms with van der Waals surface area (Å²) in [6.07, 6.45) is 4.81. The lowest BCUT2D eigenvalue weighted by atomic mass is 10.0. The molecule has 1 aliphatic heterocycles. The van der Waals surface area contributed by atoms with Crippen LogP contribution in [0, 0.1) is 0 Å². The maximum atomic E-state index is 4.80. The van der Waals surface area contributed by atoms with Gasteiger partial charge in [0.25, 0.3) is 0 Å². The molecule has 2 aliphatic rings. The second-order valence-electron chi connectivity index (χ2n) is 9.21. The summed E-state index contributed by atoms with van der Waals surface area (Å²) < 4.78 is 2.17. The predicted octanol–water partition coefficient (Wildman–Crippen LogP) is 4.88. The zero-order valence-corrected chi connectivity index (χ0v) is 18.9. The molecule has 2 N–H and O–H groups in total. The molecule has 0 bridgehead atoms. The highest BCUT2D eigenvalue weighted by Gasteiger charge is 2.27. The van der Waals surface area contributed by atoms with Gasteiger partial charge in [0.1, 0.15) is 5.82 Å². The van der Waals surface area contributed by atoms with Gasteiger partial charge in [0.15, 0.2) is 0 Å². The maximum absolute atomic E-state index is 4.80. The Labute approximate surface area is 198 Å². The Bertz CT molecular complexity index is 1490. The first-order valence-electron chi connectivity index (χ1n) is 12.0. The van der Waals surface area contributed by atoms with Gasteiger partial charge in [-0.05, 0) is 52.6 Å². The number of nitrogens with zero attached hydrogens (tertiary/aromatic N) is 4. The Balaban J connectivity index is 1.19. The summed E-state index contributed by atoms with van der Waals surface area (Å²) in [4.78, 5) is 7.07. The van der Waals surface area contributed by atoms with Gasteiger partial charge in [-0.3, -0.25) is 4.68 Å². The minimum absolute atomic E-state index is 0.201. The van der Waals surface area contributed by atoms with Crippen molar-refractivity contribution < 1.29 is 0 Å². The maximum Gasteiger partial charge on any atom is 0.132 e. The Hall–Kier alpha value is -3.90. The van der Waals surface area contributed by atoms with E-state index in [9.17, 15) is 0 Å². The van der Waals surface area contributed by atoms with E-state index in [4.69, 9.17) is 5.10 Å². The standard InChI is InChI=1S/C28H26N6/c1-3-19-4-2-6-24-26(15-20(5-1)28(19)24)34-25-16-27(30-17-21(25)18-31-34)32-22-7-9-23(10-8-22)33-13-11-29-12-14-33/h1-10,16-18,26,29H,11-15H2,(H,30,32). The van der Waals surface area contributed by atoms with Gasteiger partial charge in [0.05, 0.1) is 17.8 Å². The second kappa shape index (κ2) is 7.85. The number of nitrogens with one attached hydrogen (secondary N) is 2. The molecular weight excluding hydrogens is 420 g/mol. The first kappa shape index (κ1) is 19.6. The van der Waals surface area contributed by atoms with Crippen molar-refractivity contribution in [3.8, 4) is 0 Å². The average molecular weight is 447 g/mol. The van der Waals surface area contributed by atoms with E-state index >= 15 is 0 Å². The number of benzene rings is 3. The summed E-state index contributed by atoms with van der Waals surface area (Å²) in [5.74, 6) is 0.831. The van der Waals surface area contributed by atoms with E-state index in [-0.39, 0.29) is 6.04 Å². The highest BCUT2D eigenvalue weighted by atomic mass is 15.3. The summed E-state index contributed by atoms with van der Waals surface area (Å²) in [5, 5.41) is 15.4. The molecule has 2 aromatic heterocycles. The van der Waals surface area contributed by atoms with Crippen molar-refractivity contribution in [2.75, 3.05) is 36.4 Å². The summed E-state index contributed by atoms with van der Waals surface area (Å²) in [5.41, 5.74) is 6.16. The lowest BCUT2D eigenvalue weighted by Gasteiger charge is -2.29. The van der Waals surface area contributed by atoms with Crippen LogP contribution in [-0.2, 0) is 6.42 Å². The van der Waals surface area contributed by atoms with E-state index in [0.29, 0.717) is 0 Å². The van der Waals surface area contributed by atoms with E-state index in [1.807, 2.05) is 12.4 Å². The lowest BCUT2D eigenvalue weighted by molar-refractivity contribution is 0.554. The summed E-state index contributed by atoms with van der Waals surface area (Å²) >= 11 is 0. The number of aromatic nitrogens is 3. The van der Waals surface area contributed by atoms with Gasteiger partial charge < -0.3 is 15.5 Å². The Kier molecular flexibility index (Phi) is 4.52. The van der Waals surface area contributed by atoms with Crippen molar-refractivity contribution in [1.29, 1.82) is 0 Å². The van der Waals surface area contributed by atoms with Crippen molar-refractivity contribution in [2.24, 2.45) is 0 Å². The molecule has 3 aromatic carbocycles. The van der Waals surface area contributed by atoms with Crippen LogP contribution in [0.3, 0.4) is 0 Å². The second-order valence-corrected chi connectivity index (χ2v) is 9.21. The van der Waals surface area contributed by atoms with Crippen LogP contribution in [0.1, 0.15) is 17.2 Å². The highest BCUT2D eigenvalue weighted by molar-refractivity contribution is 5.92. The van der Waals surface area contributed by atoms with Crippen LogP contribution in [0.5, 0.6) is 0 Å². The van der Waals surface area contributed by atoms with Crippen molar-refractivity contribution in [3.63, 3.8) is 0 Å². The lowest BCUT2D eigenvalue weighted by Crippen LogP contribution is -2.43. The molecule has 168 valence electrons. The van der Waals surface area contributed by atoms with Crippen LogP contribution < -0.4 is 15.5 Å². The SMILES string of the molecule is c1cc2c3c(cccc3c1)C(n1ncc3cnc(Nc4ccc(N5CCNCC5)cc4)cc31)C2. The third kappa shape index (κ3) is 3.22. The molecule has 0 saturated carbocycles. The van der Waals surface area contributed by atoms with Crippen molar-refractivity contribution in [3.05, 3.63) is 90.3 Å². The van der Waals surface area contributed by atoms with Crippen molar-refractivity contribution >= 4 is 38.9 Å². The number of piperazine rings is 1. The quantitative estimate of drug-likeness (QED) is 0.412. The number of rotatable bonds is 4. The zero-order chi connectivity index (χ0) is 22.5. The summed E-state index contributed by atoms with van der Waals surface area (Å²) in [7, 11) is 0. The largest absolute Gasteiger partial charge is 0.369 e. The van der Waals surface area contributed by atoms with Gasteiger partial charge in [-0.1, -0.05) is 36.4 Å². The van der Waals surface area contributed by atoms with E-state index in [0.717, 1.165) is 55.0 Å². The summed E-state index contributed by atoms with van der Waals surface area (Å²) in [6, 6.07) is 24.2. The Morgan fingerprint density at radius 1 is 0.882 bits per heavy atom. The third-order valence-electron chi connectivity index (χ3n) is 7.19. The predicted molar refractivity (Wildman–Crippen MR) is 138 cm³/mol. The van der Waals surface area contributed by atoms with Crippen molar-refractivity contribution in [2.45, 2.75) is 12.5 Å². The molecule has 1 fully saturated rings. The minimum atomic E-state index is 0.201. The van der Waals surface area contributed by atoms with Gasteiger partial charge in [-0.25, -0.2) is 4.98 Å². The van der Waals surface area contributed by atoms with Gasteiger partial charge >= 0.3 is 0 Å². The molecule has 34 heavy (non-hydrogen) atoms. The normalized spacial score (nSPS) is 17.5. The molecule has 6 nitrogen and oxygen atoms in total. The number of hydrogen-bond acceptors (Lipinski definition) is 5. The van der Waals surface area contributed by atoms with Crippen LogP contribution in [-0.4, -0.2) is 40.9 Å². The molecule has 0 spiro atoms. The molecule has 7 rings (SSSR count). The molecular formula is C28H26N6. The molecule has 1 aliphatic carbocycles. The zero-order valence-electron chi connectivity index (χ0n) is 18.9. The van der Waals surface area contributed by atoms with Crippen LogP contribution in [0.25, 0.3) is 21.7 Å². The fourth-order valence-corrected chi connectivity index (χ4v) is 5.52. The van der Waals surface area contributed by atoms with Gasteiger partial charge in [0, 0.05) is 55.2 Å². The van der Waals surface area contributed by atoms with E-state index in [2.05, 4.69) is 91.9 Å². The van der Waals surface area contributed by atoms with Crippen LogP contribution in [0.4, 0.5) is 17.2 Å². The first-order valence-corrected chi connectivity index (χ1v) is 12.0. The van der Waals surface area contributed by atoms with Crippen LogP contribution in [0.15, 0.2) is 79.1 Å². The molecule has 6 heteroatoms. The van der Waals surface area contributed by atoms with Crippen molar-refractivity contribution in [1.82, 2.24) is 20.1 Å². The fraction of sp³-hybridized carbons (Fsp3) is 0.214. The Morgan fingerprint density at radius 3 is 2.56 bits per heavy atom. The number of pyridine rings is 1. The molecule has 3 heterocycles. The molecule has 1 unspecified atom stereocenters.